The number of nitrogens with one attached hydrogen (secondary N) is 1. The lowest BCUT2D eigenvalue weighted by molar-refractivity contribution is 0.0605. The Balaban J connectivity index is 1.65. The van der Waals surface area contributed by atoms with Crippen molar-refractivity contribution in [2.45, 2.75) is 39.2 Å². The summed E-state index contributed by atoms with van der Waals surface area (Å²) in [6, 6.07) is 0. The van der Waals surface area contributed by atoms with Crippen molar-refractivity contribution in [1.82, 2.24) is 15.2 Å². The zero-order valence-corrected chi connectivity index (χ0v) is 12.1. The van der Waals surface area contributed by atoms with E-state index >= 15 is 0 Å². The number of thiazole rings is 1. The Morgan fingerprint density at radius 3 is 3.06 bits per heavy atom. The van der Waals surface area contributed by atoms with Gasteiger partial charge in [-0.2, -0.15) is 0 Å². The molecule has 1 unspecified atom stereocenters. The molecule has 2 aliphatic heterocycles. The van der Waals surface area contributed by atoms with Crippen molar-refractivity contribution in [3.8, 4) is 0 Å². The van der Waals surface area contributed by atoms with E-state index < -0.39 is 0 Å². The first-order chi connectivity index (χ1) is 8.77. The van der Waals surface area contributed by atoms with Crippen LogP contribution in [0, 0.1) is 12.3 Å². The number of likely N-dealkylation sites (tertiary alicyclic amines) is 1. The lowest BCUT2D eigenvalue weighted by Crippen LogP contribution is -2.50. The highest BCUT2D eigenvalue weighted by Gasteiger charge is 2.36. The average molecular weight is 265 g/mol. The van der Waals surface area contributed by atoms with Crippen LogP contribution in [0.15, 0.2) is 5.51 Å². The lowest BCUT2D eigenvalue weighted by Gasteiger charge is -2.45. The molecule has 0 bridgehead atoms. The Labute approximate surface area is 114 Å². The van der Waals surface area contributed by atoms with Gasteiger partial charge in [0.25, 0.3) is 0 Å². The van der Waals surface area contributed by atoms with E-state index in [1.807, 2.05) is 16.8 Å². The van der Waals surface area contributed by atoms with E-state index in [0.29, 0.717) is 5.41 Å². The van der Waals surface area contributed by atoms with Gasteiger partial charge in [0, 0.05) is 24.5 Å². The predicted octanol–water partition coefficient (Wildman–Crippen LogP) is 2.42. The predicted molar refractivity (Wildman–Crippen MR) is 75.9 cm³/mol. The van der Waals surface area contributed by atoms with Gasteiger partial charge in [-0.05, 0) is 51.1 Å². The topological polar surface area (TPSA) is 28.2 Å². The second-order valence-electron chi connectivity index (χ2n) is 5.96. The van der Waals surface area contributed by atoms with Gasteiger partial charge in [-0.15, -0.1) is 11.3 Å². The summed E-state index contributed by atoms with van der Waals surface area (Å²) in [5.74, 6) is 0. The third kappa shape index (κ3) is 2.60. The number of hydrogen-bond donors (Lipinski definition) is 1. The SMILES string of the molecule is Cc1ncsc1CN1CCCC2(CCCNC2)C1. The number of rotatable bonds is 2. The smallest absolute Gasteiger partial charge is 0.0798 e. The van der Waals surface area contributed by atoms with Crippen molar-refractivity contribution in [2.24, 2.45) is 5.41 Å². The Morgan fingerprint density at radius 2 is 2.33 bits per heavy atom. The van der Waals surface area contributed by atoms with Crippen LogP contribution in [-0.2, 0) is 6.54 Å². The molecule has 1 N–H and O–H groups in total. The molecule has 2 aliphatic rings. The fourth-order valence-corrected chi connectivity index (χ4v) is 4.32. The van der Waals surface area contributed by atoms with E-state index in [-0.39, 0.29) is 0 Å². The van der Waals surface area contributed by atoms with Gasteiger partial charge in [-0.1, -0.05) is 0 Å². The maximum Gasteiger partial charge on any atom is 0.0798 e. The third-order valence-corrected chi connectivity index (χ3v) is 5.43. The average Bonchev–Trinajstić information content (AvgIpc) is 2.76. The Bertz CT molecular complexity index is 390. The minimum absolute atomic E-state index is 0.565. The second-order valence-corrected chi connectivity index (χ2v) is 6.89. The third-order valence-electron chi connectivity index (χ3n) is 4.51. The van der Waals surface area contributed by atoms with Crippen LogP contribution in [0.3, 0.4) is 0 Å². The summed E-state index contributed by atoms with van der Waals surface area (Å²) < 4.78 is 0. The first-order valence-electron chi connectivity index (χ1n) is 7.10. The van der Waals surface area contributed by atoms with Gasteiger partial charge in [0.05, 0.1) is 11.2 Å². The molecule has 3 heterocycles. The fraction of sp³-hybridized carbons (Fsp3) is 0.786. The highest BCUT2D eigenvalue weighted by atomic mass is 32.1. The molecule has 0 saturated carbocycles. The van der Waals surface area contributed by atoms with Gasteiger partial charge in [0.15, 0.2) is 0 Å². The molecule has 0 radical (unpaired) electrons. The van der Waals surface area contributed by atoms with E-state index in [0.717, 1.165) is 6.54 Å². The van der Waals surface area contributed by atoms with E-state index in [4.69, 9.17) is 0 Å². The van der Waals surface area contributed by atoms with E-state index in [1.165, 1.54) is 62.4 Å². The van der Waals surface area contributed by atoms with Crippen molar-refractivity contribution in [2.75, 3.05) is 26.2 Å². The lowest BCUT2D eigenvalue weighted by atomic mass is 9.74. The summed E-state index contributed by atoms with van der Waals surface area (Å²) in [5.41, 5.74) is 3.77. The summed E-state index contributed by atoms with van der Waals surface area (Å²) in [7, 11) is 0. The van der Waals surface area contributed by atoms with Crippen molar-refractivity contribution in [1.29, 1.82) is 0 Å². The standard InChI is InChI=1S/C14H23N3S/c1-12-13(18-11-16-12)8-17-7-3-5-14(10-17)4-2-6-15-9-14/h11,15H,2-10H2,1H3. The molecule has 1 aromatic heterocycles. The van der Waals surface area contributed by atoms with Gasteiger partial charge in [0.1, 0.15) is 0 Å². The largest absolute Gasteiger partial charge is 0.316 e. The molecule has 2 saturated heterocycles. The minimum Gasteiger partial charge on any atom is -0.316 e. The number of aryl methyl sites for hydroxylation is 1. The summed E-state index contributed by atoms with van der Waals surface area (Å²) in [5, 5.41) is 3.60. The van der Waals surface area contributed by atoms with Crippen LogP contribution in [-0.4, -0.2) is 36.1 Å². The number of hydrogen-bond acceptors (Lipinski definition) is 4. The highest BCUT2D eigenvalue weighted by Crippen LogP contribution is 2.36. The maximum atomic E-state index is 4.37. The van der Waals surface area contributed by atoms with Crippen LogP contribution in [0.5, 0.6) is 0 Å². The van der Waals surface area contributed by atoms with Crippen LogP contribution in [0.25, 0.3) is 0 Å². The Hall–Kier alpha value is -0.450. The molecule has 0 aliphatic carbocycles. The molecule has 1 aromatic rings. The summed E-state index contributed by atoms with van der Waals surface area (Å²) in [6.45, 7) is 8.23. The molecule has 3 rings (SSSR count). The van der Waals surface area contributed by atoms with Crippen LogP contribution in [0.4, 0.5) is 0 Å². The Morgan fingerprint density at radius 1 is 1.44 bits per heavy atom. The molecule has 3 nitrogen and oxygen atoms in total. The molecule has 1 spiro atoms. The summed E-state index contributed by atoms with van der Waals surface area (Å²) in [6.07, 6.45) is 5.54. The first kappa shape index (κ1) is 12.6. The first-order valence-corrected chi connectivity index (χ1v) is 7.97. The van der Waals surface area contributed by atoms with E-state index in [2.05, 4.69) is 22.1 Å². The van der Waals surface area contributed by atoms with Crippen LogP contribution < -0.4 is 5.32 Å². The number of piperidine rings is 2. The molecule has 100 valence electrons. The van der Waals surface area contributed by atoms with Gasteiger partial charge in [-0.3, -0.25) is 4.90 Å². The van der Waals surface area contributed by atoms with Crippen molar-refractivity contribution < 1.29 is 0 Å². The van der Waals surface area contributed by atoms with Crippen molar-refractivity contribution in [3.05, 3.63) is 16.1 Å². The van der Waals surface area contributed by atoms with Crippen LogP contribution in [0.2, 0.25) is 0 Å². The van der Waals surface area contributed by atoms with E-state index in [1.54, 1.807) is 0 Å². The van der Waals surface area contributed by atoms with E-state index in [9.17, 15) is 0 Å². The molecular formula is C14H23N3S. The van der Waals surface area contributed by atoms with Gasteiger partial charge >= 0.3 is 0 Å². The van der Waals surface area contributed by atoms with Gasteiger partial charge in [-0.25, -0.2) is 4.98 Å². The molecule has 0 amide bonds. The highest BCUT2D eigenvalue weighted by molar-refractivity contribution is 7.09. The summed E-state index contributed by atoms with van der Waals surface area (Å²) >= 11 is 1.81. The quantitative estimate of drug-likeness (QED) is 0.890. The summed E-state index contributed by atoms with van der Waals surface area (Å²) in [4.78, 5) is 8.47. The second kappa shape index (κ2) is 5.27. The molecule has 2 fully saturated rings. The fourth-order valence-electron chi connectivity index (χ4n) is 3.50. The zero-order chi connectivity index (χ0) is 12.4. The maximum absolute atomic E-state index is 4.37. The van der Waals surface area contributed by atoms with Crippen LogP contribution in [0.1, 0.15) is 36.3 Å². The molecule has 18 heavy (non-hydrogen) atoms. The number of nitrogens with zero attached hydrogens (tertiary/aromatic N) is 2. The Kier molecular flexibility index (Phi) is 3.68. The van der Waals surface area contributed by atoms with Gasteiger partial charge in [0.2, 0.25) is 0 Å². The zero-order valence-electron chi connectivity index (χ0n) is 11.2. The minimum atomic E-state index is 0.565. The monoisotopic (exact) mass is 265 g/mol. The van der Waals surface area contributed by atoms with Crippen LogP contribution >= 0.6 is 11.3 Å². The molecule has 0 aromatic carbocycles. The van der Waals surface area contributed by atoms with Gasteiger partial charge < -0.3 is 5.32 Å². The molecular weight excluding hydrogens is 242 g/mol. The molecule has 4 heteroatoms. The van der Waals surface area contributed by atoms with Crippen molar-refractivity contribution >= 4 is 11.3 Å². The molecule has 1 atom stereocenters. The number of aromatic nitrogens is 1. The van der Waals surface area contributed by atoms with Crippen molar-refractivity contribution in [3.63, 3.8) is 0 Å². The normalized spacial score (nSPS) is 29.8.